The fraction of sp³-hybridized carbons (Fsp3) is 0.333. The number of nitrogens with one attached hydrogen (secondary N) is 1. The third kappa shape index (κ3) is 4.36. The van der Waals surface area contributed by atoms with Gasteiger partial charge in [0, 0.05) is 0 Å². The second kappa shape index (κ2) is 5.54. The topological polar surface area (TPSA) is 118 Å². The van der Waals surface area contributed by atoms with E-state index >= 15 is 0 Å². The van der Waals surface area contributed by atoms with E-state index in [1.807, 2.05) is 0 Å². The fourth-order valence-electron chi connectivity index (χ4n) is 0.455. The molecule has 3 N–H and O–H groups in total. The summed E-state index contributed by atoms with van der Waals surface area (Å²) < 4.78 is 0. The van der Waals surface area contributed by atoms with Crippen LogP contribution < -0.4 is 11.1 Å². The molecule has 0 bridgehead atoms. The number of hydrogen-bond acceptors (Lipinski definition) is 5. The SMILES string of the molecule is CO/N=C(\C#N)C(=O)NCC(N)=O. The Labute approximate surface area is 74.1 Å². The summed E-state index contributed by atoms with van der Waals surface area (Å²) in [5.41, 5.74) is 4.28. The number of nitrogens with two attached hydrogens (primary N) is 1. The molecule has 0 spiro atoms. The van der Waals surface area contributed by atoms with Gasteiger partial charge in [0.05, 0.1) is 6.54 Å². The number of rotatable bonds is 4. The van der Waals surface area contributed by atoms with E-state index in [4.69, 9.17) is 11.0 Å². The summed E-state index contributed by atoms with van der Waals surface area (Å²) in [6.07, 6.45) is 0. The van der Waals surface area contributed by atoms with Crippen molar-refractivity contribution in [2.24, 2.45) is 10.9 Å². The molecule has 0 aliphatic rings. The molecule has 0 aromatic heterocycles. The molecule has 0 atom stereocenters. The van der Waals surface area contributed by atoms with Crippen LogP contribution in [0, 0.1) is 11.3 Å². The predicted molar refractivity (Wildman–Crippen MR) is 42.3 cm³/mol. The van der Waals surface area contributed by atoms with Crippen molar-refractivity contribution in [2.45, 2.75) is 0 Å². The fourth-order valence-corrected chi connectivity index (χ4v) is 0.455. The molecule has 0 aromatic carbocycles. The summed E-state index contributed by atoms with van der Waals surface area (Å²) in [6.45, 7) is -0.344. The lowest BCUT2D eigenvalue weighted by Gasteiger charge is -1.98. The largest absolute Gasteiger partial charge is 0.398 e. The van der Waals surface area contributed by atoms with Gasteiger partial charge in [0.2, 0.25) is 11.6 Å². The van der Waals surface area contributed by atoms with Gasteiger partial charge < -0.3 is 15.9 Å². The van der Waals surface area contributed by atoms with Crippen molar-refractivity contribution in [3.8, 4) is 6.07 Å². The van der Waals surface area contributed by atoms with Crippen molar-refractivity contribution < 1.29 is 14.4 Å². The molecule has 0 aliphatic carbocycles. The first-order valence-electron chi connectivity index (χ1n) is 3.19. The van der Waals surface area contributed by atoms with E-state index in [-0.39, 0.29) is 6.54 Å². The van der Waals surface area contributed by atoms with Gasteiger partial charge in [0.1, 0.15) is 13.2 Å². The van der Waals surface area contributed by atoms with Gasteiger partial charge in [0.25, 0.3) is 5.91 Å². The van der Waals surface area contributed by atoms with E-state index < -0.39 is 17.5 Å². The number of nitriles is 1. The zero-order valence-corrected chi connectivity index (χ0v) is 6.90. The minimum absolute atomic E-state index is 0.344. The van der Waals surface area contributed by atoms with Crippen LogP contribution in [-0.2, 0) is 14.4 Å². The van der Waals surface area contributed by atoms with E-state index in [2.05, 4.69) is 15.3 Å². The lowest BCUT2D eigenvalue weighted by Crippen LogP contribution is -2.37. The van der Waals surface area contributed by atoms with E-state index in [9.17, 15) is 9.59 Å². The number of carbonyl (C=O) groups excluding carboxylic acids is 2. The van der Waals surface area contributed by atoms with Crippen LogP contribution in [0.15, 0.2) is 5.16 Å². The Kier molecular flexibility index (Phi) is 4.64. The Hall–Kier alpha value is -2.10. The molecule has 0 saturated carbocycles. The van der Waals surface area contributed by atoms with E-state index in [1.54, 1.807) is 0 Å². The van der Waals surface area contributed by atoms with Crippen LogP contribution >= 0.6 is 0 Å². The minimum Gasteiger partial charge on any atom is -0.398 e. The number of nitrogens with zero attached hydrogens (tertiary/aromatic N) is 2. The summed E-state index contributed by atoms with van der Waals surface area (Å²) in [4.78, 5) is 25.4. The van der Waals surface area contributed by atoms with Crippen LogP contribution in [0.2, 0.25) is 0 Å². The summed E-state index contributed by atoms with van der Waals surface area (Å²) >= 11 is 0. The molecule has 0 rings (SSSR count). The summed E-state index contributed by atoms with van der Waals surface area (Å²) in [5.74, 6) is -1.51. The lowest BCUT2D eigenvalue weighted by atomic mass is 10.4. The van der Waals surface area contributed by atoms with E-state index in [0.29, 0.717) is 0 Å². The Morgan fingerprint density at radius 1 is 1.69 bits per heavy atom. The molecule has 0 aliphatic heterocycles. The number of amides is 2. The van der Waals surface area contributed by atoms with Crippen LogP contribution in [0.25, 0.3) is 0 Å². The molecular weight excluding hydrogens is 176 g/mol. The Morgan fingerprint density at radius 2 is 2.31 bits per heavy atom. The first-order valence-corrected chi connectivity index (χ1v) is 3.19. The van der Waals surface area contributed by atoms with E-state index in [1.165, 1.54) is 13.2 Å². The van der Waals surface area contributed by atoms with Crippen molar-refractivity contribution >= 4 is 17.5 Å². The zero-order valence-electron chi connectivity index (χ0n) is 6.90. The highest BCUT2D eigenvalue weighted by Crippen LogP contribution is 1.78. The molecule has 0 radical (unpaired) electrons. The standard InChI is InChI=1S/C6H8N4O3/c1-13-10-4(2-7)6(12)9-3-5(8)11/h3H2,1H3,(H2,8,11)(H,9,12)/b10-4+. The maximum Gasteiger partial charge on any atom is 0.284 e. The highest BCUT2D eigenvalue weighted by atomic mass is 16.6. The molecule has 2 amide bonds. The van der Waals surface area contributed by atoms with Crippen molar-refractivity contribution in [3.63, 3.8) is 0 Å². The van der Waals surface area contributed by atoms with Gasteiger partial charge in [-0.15, -0.1) is 0 Å². The smallest absolute Gasteiger partial charge is 0.284 e. The molecule has 7 heteroatoms. The molecule has 13 heavy (non-hydrogen) atoms. The monoisotopic (exact) mass is 184 g/mol. The summed E-state index contributed by atoms with van der Waals surface area (Å²) in [6, 6.07) is 1.49. The average Bonchev–Trinajstić information content (AvgIpc) is 2.10. The van der Waals surface area contributed by atoms with Crippen molar-refractivity contribution in [1.82, 2.24) is 5.32 Å². The summed E-state index contributed by atoms with van der Waals surface area (Å²) in [5, 5.41) is 13.5. The third-order valence-corrected chi connectivity index (χ3v) is 0.927. The first kappa shape index (κ1) is 10.9. The quantitative estimate of drug-likeness (QED) is 0.392. The van der Waals surface area contributed by atoms with Gasteiger partial charge in [0.15, 0.2) is 0 Å². The van der Waals surface area contributed by atoms with Crippen molar-refractivity contribution in [2.75, 3.05) is 13.7 Å². The normalized spacial score (nSPS) is 10.0. The van der Waals surface area contributed by atoms with Crippen LogP contribution in [0.4, 0.5) is 0 Å². The van der Waals surface area contributed by atoms with Gasteiger partial charge in [-0.2, -0.15) is 5.26 Å². The molecule has 0 fully saturated rings. The molecular formula is C6H8N4O3. The van der Waals surface area contributed by atoms with Crippen molar-refractivity contribution in [1.29, 1.82) is 5.26 Å². The maximum absolute atomic E-state index is 10.9. The minimum atomic E-state index is -0.803. The number of oxime groups is 1. The lowest BCUT2D eigenvalue weighted by molar-refractivity contribution is -0.121. The maximum atomic E-state index is 10.9. The molecule has 0 unspecified atom stereocenters. The third-order valence-electron chi connectivity index (χ3n) is 0.927. The molecule has 0 saturated heterocycles. The average molecular weight is 184 g/mol. The zero-order chi connectivity index (χ0) is 10.3. The molecule has 0 heterocycles. The number of primary amides is 1. The Bertz CT molecular complexity index is 278. The molecule has 0 aromatic rings. The highest BCUT2D eigenvalue weighted by molar-refractivity contribution is 6.45. The molecule has 70 valence electrons. The van der Waals surface area contributed by atoms with Gasteiger partial charge in [-0.25, -0.2) is 0 Å². The number of hydrogen-bond donors (Lipinski definition) is 2. The van der Waals surface area contributed by atoms with Crippen molar-refractivity contribution in [3.05, 3.63) is 0 Å². The highest BCUT2D eigenvalue weighted by Gasteiger charge is 2.11. The second-order valence-electron chi connectivity index (χ2n) is 1.88. The van der Waals surface area contributed by atoms with Crippen LogP contribution in [0.5, 0.6) is 0 Å². The van der Waals surface area contributed by atoms with Crippen LogP contribution in [0.1, 0.15) is 0 Å². The van der Waals surface area contributed by atoms with Crippen LogP contribution in [-0.4, -0.2) is 31.2 Å². The van der Waals surface area contributed by atoms with Gasteiger partial charge >= 0.3 is 0 Å². The van der Waals surface area contributed by atoms with E-state index in [0.717, 1.165) is 0 Å². The molecule has 7 nitrogen and oxygen atoms in total. The first-order chi connectivity index (χ1) is 6.11. The predicted octanol–water partition coefficient (Wildman–Crippen LogP) is -1.89. The van der Waals surface area contributed by atoms with Gasteiger partial charge in [-0.05, 0) is 0 Å². The van der Waals surface area contributed by atoms with Crippen LogP contribution in [0.3, 0.4) is 0 Å². The summed E-state index contributed by atoms with van der Waals surface area (Å²) in [7, 11) is 1.19. The number of carbonyl (C=O) groups is 2. The second-order valence-corrected chi connectivity index (χ2v) is 1.88. The van der Waals surface area contributed by atoms with Gasteiger partial charge in [-0.3, -0.25) is 9.59 Å². The Morgan fingerprint density at radius 3 is 2.69 bits per heavy atom. The van der Waals surface area contributed by atoms with Gasteiger partial charge in [-0.1, -0.05) is 5.16 Å². The Balaban J connectivity index is 4.18.